The lowest BCUT2D eigenvalue weighted by Gasteiger charge is -2.14. The second-order valence-electron chi connectivity index (χ2n) is 4.69. The Morgan fingerprint density at radius 1 is 1.00 bits per heavy atom. The van der Waals surface area contributed by atoms with Crippen LogP contribution in [0.2, 0.25) is 0 Å². The molecule has 5 heteroatoms. The summed E-state index contributed by atoms with van der Waals surface area (Å²) in [7, 11) is 1.64. The molecule has 0 aliphatic rings. The van der Waals surface area contributed by atoms with E-state index in [2.05, 4.69) is 0 Å². The zero-order valence-corrected chi connectivity index (χ0v) is 11.4. The molecular formula is C15H19N3O2. The molecule has 0 aliphatic carbocycles. The third-order valence-electron chi connectivity index (χ3n) is 3.11. The summed E-state index contributed by atoms with van der Waals surface area (Å²) in [6.45, 7) is 0.551. The van der Waals surface area contributed by atoms with Crippen LogP contribution in [0.25, 0.3) is 11.1 Å². The molecule has 0 atom stereocenters. The van der Waals surface area contributed by atoms with Gasteiger partial charge in [-0.25, -0.2) is 0 Å². The topological polar surface area (TPSA) is 108 Å². The standard InChI is InChI=1S/C15H19N3O2/c1-20-3-2-13-14(7-11(17)8-15(13)18)9-4-10(16)6-12(19)5-9/h4-8,19H,2-3,16-18H2,1H3. The Labute approximate surface area is 118 Å². The van der Waals surface area contributed by atoms with Crippen LogP contribution >= 0.6 is 0 Å². The van der Waals surface area contributed by atoms with E-state index in [1.54, 1.807) is 25.3 Å². The number of anilines is 3. The van der Waals surface area contributed by atoms with Gasteiger partial charge >= 0.3 is 0 Å². The van der Waals surface area contributed by atoms with Crippen molar-refractivity contribution in [2.45, 2.75) is 6.42 Å². The average Bonchev–Trinajstić information content (AvgIpc) is 2.35. The van der Waals surface area contributed by atoms with Crippen LogP contribution in [-0.4, -0.2) is 18.8 Å². The summed E-state index contributed by atoms with van der Waals surface area (Å²) in [4.78, 5) is 0. The third-order valence-corrected chi connectivity index (χ3v) is 3.11. The van der Waals surface area contributed by atoms with E-state index in [0.29, 0.717) is 30.1 Å². The normalized spacial score (nSPS) is 10.7. The fourth-order valence-corrected chi connectivity index (χ4v) is 2.25. The highest BCUT2D eigenvalue weighted by molar-refractivity contribution is 5.79. The summed E-state index contributed by atoms with van der Waals surface area (Å²) in [5.74, 6) is 0.110. The minimum atomic E-state index is 0.110. The van der Waals surface area contributed by atoms with Gasteiger partial charge in [-0.3, -0.25) is 0 Å². The lowest BCUT2D eigenvalue weighted by Crippen LogP contribution is -2.04. The van der Waals surface area contributed by atoms with Crippen LogP contribution in [0.4, 0.5) is 17.1 Å². The number of rotatable bonds is 4. The van der Waals surface area contributed by atoms with Gasteiger partial charge in [0.1, 0.15) is 5.75 Å². The summed E-state index contributed by atoms with van der Waals surface area (Å²) >= 11 is 0. The predicted molar refractivity (Wildman–Crippen MR) is 82.4 cm³/mol. The third kappa shape index (κ3) is 2.95. The minimum Gasteiger partial charge on any atom is -0.508 e. The van der Waals surface area contributed by atoms with E-state index in [-0.39, 0.29) is 5.75 Å². The van der Waals surface area contributed by atoms with Crippen molar-refractivity contribution < 1.29 is 9.84 Å². The number of hydrogen-bond donors (Lipinski definition) is 4. The number of hydrogen-bond acceptors (Lipinski definition) is 5. The smallest absolute Gasteiger partial charge is 0.118 e. The molecule has 0 heterocycles. The molecule has 5 nitrogen and oxygen atoms in total. The Kier molecular flexibility index (Phi) is 4.00. The zero-order valence-electron chi connectivity index (χ0n) is 11.4. The van der Waals surface area contributed by atoms with Crippen molar-refractivity contribution in [2.75, 3.05) is 30.9 Å². The Balaban J connectivity index is 2.58. The van der Waals surface area contributed by atoms with E-state index >= 15 is 0 Å². The van der Waals surface area contributed by atoms with Gasteiger partial charge in [0, 0.05) is 30.2 Å². The fourth-order valence-electron chi connectivity index (χ4n) is 2.25. The van der Waals surface area contributed by atoms with Crippen molar-refractivity contribution in [3.05, 3.63) is 35.9 Å². The molecule has 0 spiro atoms. The summed E-state index contributed by atoms with van der Waals surface area (Å²) in [6, 6.07) is 8.47. The van der Waals surface area contributed by atoms with Gasteiger partial charge < -0.3 is 27.0 Å². The SMILES string of the molecule is COCCc1c(N)cc(N)cc1-c1cc(N)cc(O)c1. The molecule has 0 aromatic heterocycles. The average molecular weight is 273 g/mol. The largest absolute Gasteiger partial charge is 0.508 e. The quantitative estimate of drug-likeness (QED) is 0.637. The molecule has 7 N–H and O–H groups in total. The molecule has 106 valence electrons. The number of nitrogen functional groups attached to an aromatic ring is 3. The van der Waals surface area contributed by atoms with Crippen molar-refractivity contribution in [1.29, 1.82) is 0 Å². The van der Waals surface area contributed by atoms with Gasteiger partial charge in [-0.1, -0.05) is 0 Å². The van der Waals surface area contributed by atoms with Gasteiger partial charge in [-0.05, 0) is 47.4 Å². The van der Waals surface area contributed by atoms with Crippen LogP contribution in [-0.2, 0) is 11.2 Å². The number of ether oxygens (including phenoxy) is 1. The molecule has 0 unspecified atom stereocenters. The van der Waals surface area contributed by atoms with Crippen molar-refractivity contribution >= 4 is 17.1 Å². The van der Waals surface area contributed by atoms with E-state index in [4.69, 9.17) is 21.9 Å². The Hall–Kier alpha value is -2.40. The maximum atomic E-state index is 9.69. The maximum absolute atomic E-state index is 9.69. The number of phenols is 1. The summed E-state index contributed by atoms with van der Waals surface area (Å²) in [5, 5.41) is 9.69. The van der Waals surface area contributed by atoms with Crippen molar-refractivity contribution in [3.63, 3.8) is 0 Å². The molecule has 0 saturated carbocycles. The first kappa shape index (κ1) is 14.0. The molecule has 0 saturated heterocycles. The van der Waals surface area contributed by atoms with E-state index in [0.717, 1.165) is 16.7 Å². The van der Waals surface area contributed by atoms with Gasteiger partial charge in [0.2, 0.25) is 0 Å². The van der Waals surface area contributed by atoms with Gasteiger partial charge in [0.05, 0.1) is 6.61 Å². The Morgan fingerprint density at radius 2 is 1.70 bits per heavy atom. The van der Waals surface area contributed by atoms with E-state index in [1.165, 1.54) is 6.07 Å². The van der Waals surface area contributed by atoms with E-state index in [9.17, 15) is 5.11 Å². The second-order valence-corrected chi connectivity index (χ2v) is 4.69. The summed E-state index contributed by atoms with van der Waals surface area (Å²) < 4.78 is 5.11. The molecule has 20 heavy (non-hydrogen) atoms. The lowest BCUT2D eigenvalue weighted by atomic mass is 9.95. The second kappa shape index (κ2) is 5.71. The first-order valence-electron chi connectivity index (χ1n) is 6.28. The molecule has 0 radical (unpaired) electrons. The molecular weight excluding hydrogens is 254 g/mol. The highest BCUT2D eigenvalue weighted by Gasteiger charge is 2.11. The van der Waals surface area contributed by atoms with Crippen molar-refractivity contribution in [1.82, 2.24) is 0 Å². The van der Waals surface area contributed by atoms with Crippen molar-refractivity contribution in [2.24, 2.45) is 0 Å². The van der Waals surface area contributed by atoms with Crippen LogP contribution in [0.15, 0.2) is 30.3 Å². The van der Waals surface area contributed by atoms with Gasteiger partial charge in [0.15, 0.2) is 0 Å². The zero-order chi connectivity index (χ0) is 14.7. The van der Waals surface area contributed by atoms with Crippen LogP contribution < -0.4 is 17.2 Å². The first-order chi connectivity index (χ1) is 9.51. The molecule has 0 amide bonds. The molecule has 2 rings (SSSR count). The molecule has 0 bridgehead atoms. The monoisotopic (exact) mass is 273 g/mol. The number of phenolic OH excluding ortho intramolecular Hbond substituents is 1. The van der Waals surface area contributed by atoms with E-state index < -0.39 is 0 Å². The van der Waals surface area contributed by atoms with Crippen molar-refractivity contribution in [3.8, 4) is 16.9 Å². The van der Waals surface area contributed by atoms with Crippen LogP contribution in [0.5, 0.6) is 5.75 Å². The molecule has 2 aromatic carbocycles. The van der Waals surface area contributed by atoms with Crippen LogP contribution in [0.1, 0.15) is 5.56 Å². The Bertz CT molecular complexity index is 607. The van der Waals surface area contributed by atoms with Gasteiger partial charge in [-0.15, -0.1) is 0 Å². The van der Waals surface area contributed by atoms with Crippen LogP contribution in [0, 0.1) is 0 Å². The summed E-state index contributed by atoms with van der Waals surface area (Å²) in [6.07, 6.45) is 0.660. The van der Waals surface area contributed by atoms with E-state index in [1.807, 2.05) is 6.07 Å². The maximum Gasteiger partial charge on any atom is 0.118 e. The number of benzene rings is 2. The fraction of sp³-hybridized carbons (Fsp3) is 0.200. The highest BCUT2D eigenvalue weighted by Crippen LogP contribution is 2.34. The predicted octanol–water partition coefficient (Wildman–Crippen LogP) is 1.99. The number of nitrogens with two attached hydrogens (primary N) is 3. The van der Waals surface area contributed by atoms with Gasteiger partial charge in [0.25, 0.3) is 0 Å². The molecule has 2 aromatic rings. The first-order valence-corrected chi connectivity index (χ1v) is 6.28. The number of methoxy groups -OCH3 is 1. The summed E-state index contributed by atoms with van der Waals surface area (Å²) in [5.41, 5.74) is 21.9. The van der Waals surface area contributed by atoms with Crippen LogP contribution in [0.3, 0.4) is 0 Å². The molecule has 0 fully saturated rings. The number of aromatic hydroxyl groups is 1. The van der Waals surface area contributed by atoms with Gasteiger partial charge in [-0.2, -0.15) is 0 Å². The Morgan fingerprint density at radius 3 is 2.35 bits per heavy atom. The lowest BCUT2D eigenvalue weighted by molar-refractivity contribution is 0.202. The highest BCUT2D eigenvalue weighted by atomic mass is 16.5. The molecule has 0 aliphatic heterocycles. The minimum absolute atomic E-state index is 0.110.